The van der Waals surface area contributed by atoms with Crippen LogP contribution in [-0.2, 0) is 0 Å². The smallest absolute Gasteiger partial charge is 0.0431 e. The molecule has 1 heterocycles. The van der Waals surface area contributed by atoms with Crippen LogP contribution in [0.1, 0.15) is 32.1 Å². The molecule has 2 N–H and O–H groups in total. The van der Waals surface area contributed by atoms with Crippen molar-refractivity contribution in [3.8, 4) is 0 Å². The molecule has 0 radical (unpaired) electrons. The van der Waals surface area contributed by atoms with Gasteiger partial charge in [0.15, 0.2) is 0 Å². The van der Waals surface area contributed by atoms with Crippen LogP contribution in [0.2, 0.25) is 0 Å². The Morgan fingerprint density at radius 3 is 2.73 bits per heavy atom. The van der Waals surface area contributed by atoms with Gasteiger partial charge in [0.2, 0.25) is 0 Å². The predicted molar refractivity (Wildman–Crippen MR) is 52.3 cm³/mol. The van der Waals surface area contributed by atoms with Crippen molar-refractivity contribution >= 4 is 17.0 Å². The van der Waals surface area contributed by atoms with Crippen LogP contribution in [0.25, 0.3) is 0 Å². The van der Waals surface area contributed by atoms with Crippen molar-refractivity contribution in [3.05, 3.63) is 0 Å². The highest BCUT2D eigenvalue weighted by Gasteiger charge is 2.10. The van der Waals surface area contributed by atoms with Gasteiger partial charge in [-0.15, -0.1) is 17.0 Å². The largest absolute Gasteiger partial charge is 0.396 e. The first-order valence-corrected chi connectivity index (χ1v) is 4.27. The van der Waals surface area contributed by atoms with Crippen molar-refractivity contribution < 1.29 is 5.11 Å². The van der Waals surface area contributed by atoms with E-state index in [0.29, 0.717) is 12.6 Å². The second-order valence-corrected chi connectivity index (χ2v) is 3.01. The lowest BCUT2D eigenvalue weighted by atomic mass is 10.0. The molecule has 2 nitrogen and oxygen atoms in total. The fourth-order valence-corrected chi connectivity index (χ4v) is 1.51. The Morgan fingerprint density at radius 2 is 2.18 bits per heavy atom. The molecule has 0 saturated carbocycles. The normalized spacial score (nSPS) is 24.3. The summed E-state index contributed by atoms with van der Waals surface area (Å²) in [5.74, 6) is 0. The van der Waals surface area contributed by atoms with Crippen molar-refractivity contribution in [2.24, 2.45) is 0 Å². The summed E-state index contributed by atoms with van der Waals surface area (Å²) >= 11 is 0. The topological polar surface area (TPSA) is 32.3 Å². The molecule has 1 atom stereocenters. The molecule has 0 aromatic rings. The molecular formula is C8H18BrNO. The molecule has 0 spiro atoms. The number of nitrogens with one attached hydrogen (secondary N) is 1. The van der Waals surface area contributed by atoms with Crippen molar-refractivity contribution in [2.75, 3.05) is 13.2 Å². The van der Waals surface area contributed by atoms with Crippen LogP contribution in [-0.4, -0.2) is 24.3 Å². The van der Waals surface area contributed by atoms with E-state index in [1.54, 1.807) is 0 Å². The van der Waals surface area contributed by atoms with E-state index in [9.17, 15) is 0 Å². The van der Waals surface area contributed by atoms with E-state index in [1.165, 1.54) is 25.8 Å². The summed E-state index contributed by atoms with van der Waals surface area (Å²) in [6, 6.07) is 0.695. The highest BCUT2D eigenvalue weighted by Crippen LogP contribution is 2.10. The Hall–Kier alpha value is 0.400. The van der Waals surface area contributed by atoms with Gasteiger partial charge in [-0.2, -0.15) is 0 Å². The zero-order chi connectivity index (χ0) is 7.23. The maximum atomic E-state index is 8.57. The van der Waals surface area contributed by atoms with Crippen LogP contribution in [0.15, 0.2) is 0 Å². The van der Waals surface area contributed by atoms with Gasteiger partial charge in [-0.3, -0.25) is 0 Å². The number of hydrogen-bond acceptors (Lipinski definition) is 2. The van der Waals surface area contributed by atoms with E-state index < -0.39 is 0 Å². The zero-order valence-corrected chi connectivity index (χ0v) is 8.60. The van der Waals surface area contributed by atoms with Gasteiger partial charge in [0, 0.05) is 12.6 Å². The first-order chi connectivity index (χ1) is 4.93. The summed E-state index contributed by atoms with van der Waals surface area (Å²) in [5, 5.41) is 12.0. The molecule has 0 bridgehead atoms. The van der Waals surface area contributed by atoms with Crippen LogP contribution in [0.4, 0.5) is 0 Å². The van der Waals surface area contributed by atoms with Gasteiger partial charge in [-0.1, -0.05) is 6.42 Å². The summed E-state index contributed by atoms with van der Waals surface area (Å²) in [4.78, 5) is 0. The van der Waals surface area contributed by atoms with E-state index in [1.807, 2.05) is 0 Å². The molecule has 3 heteroatoms. The molecule has 1 aliphatic heterocycles. The first-order valence-electron chi connectivity index (χ1n) is 4.27. The van der Waals surface area contributed by atoms with Gasteiger partial charge in [-0.05, 0) is 32.2 Å². The maximum absolute atomic E-state index is 8.57. The van der Waals surface area contributed by atoms with Crippen LogP contribution in [0.3, 0.4) is 0 Å². The van der Waals surface area contributed by atoms with Crippen LogP contribution < -0.4 is 5.32 Å². The summed E-state index contributed by atoms with van der Waals surface area (Å²) in [6.07, 6.45) is 6.10. The van der Waals surface area contributed by atoms with Gasteiger partial charge in [0.25, 0.3) is 0 Å². The lowest BCUT2D eigenvalue weighted by Crippen LogP contribution is -2.33. The number of halogens is 1. The standard InChI is InChI=1S/C8H17NO.BrH/c10-7-3-5-8-4-1-2-6-9-8;/h8-10H,1-7H2;1H. The lowest BCUT2D eigenvalue weighted by molar-refractivity contribution is 0.266. The number of hydrogen-bond donors (Lipinski definition) is 2. The fraction of sp³-hybridized carbons (Fsp3) is 1.00. The zero-order valence-electron chi connectivity index (χ0n) is 6.88. The third kappa shape index (κ3) is 4.77. The molecule has 1 saturated heterocycles. The molecule has 68 valence electrons. The van der Waals surface area contributed by atoms with Gasteiger partial charge < -0.3 is 10.4 Å². The van der Waals surface area contributed by atoms with Crippen molar-refractivity contribution in [1.29, 1.82) is 0 Å². The van der Waals surface area contributed by atoms with E-state index in [-0.39, 0.29) is 17.0 Å². The van der Waals surface area contributed by atoms with Gasteiger partial charge in [0.05, 0.1) is 0 Å². The second kappa shape index (κ2) is 7.07. The average molecular weight is 224 g/mol. The summed E-state index contributed by atoms with van der Waals surface area (Å²) < 4.78 is 0. The number of piperidine rings is 1. The summed E-state index contributed by atoms with van der Waals surface area (Å²) in [7, 11) is 0. The van der Waals surface area contributed by atoms with Gasteiger partial charge >= 0.3 is 0 Å². The number of aliphatic hydroxyl groups is 1. The maximum Gasteiger partial charge on any atom is 0.0431 e. The second-order valence-electron chi connectivity index (χ2n) is 3.01. The fourth-order valence-electron chi connectivity index (χ4n) is 1.51. The van der Waals surface area contributed by atoms with E-state index >= 15 is 0 Å². The average Bonchev–Trinajstić information content (AvgIpc) is 2.03. The Balaban J connectivity index is 0.000001000. The molecular weight excluding hydrogens is 206 g/mol. The number of rotatable bonds is 3. The Bertz CT molecular complexity index is 84.2. The summed E-state index contributed by atoms with van der Waals surface area (Å²) in [5.41, 5.74) is 0. The molecule has 1 unspecified atom stereocenters. The highest BCUT2D eigenvalue weighted by atomic mass is 79.9. The molecule has 0 aromatic carbocycles. The molecule has 0 amide bonds. The quantitative estimate of drug-likeness (QED) is 0.761. The third-order valence-electron chi connectivity index (χ3n) is 2.12. The van der Waals surface area contributed by atoms with Crippen LogP contribution in [0.5, 0.6) is 0 Å². The van der Waals surface area contributed by atoms with E-state index in [2.05, 4.69) is 5.32 Å². The minimum Gasteiger partial charge on any atom is -0.396 e. The summed E-state index contributed by atoms with van der Waals surface area (Å²) in [6.45, 7) is 1.52. The SMILES string of the molecule is Br.OCCCC1CCCCN1. The van der Waals surface area contributed by atoms with Crippen molar-refractivity contribution in [3.63, 3.8) is 0 Å². The predicted octanol–water partition coefficient (Wildman–Crippen LogP) is 1.48. The Labute approximate surface area is 79.1 Å². The molecule has 0 aliphatic carbocycles. The van der Waals surface area contributed by atoms with E-state index in [0.717, 1.165) is 12.8 Å². The lowest BCUT2D eigenvalue weighted by Gasteiger charge is -2.22. The monoisotopic (exact) mass is 223 g/mol. The minimum absolute atomic E-state index is 0. The Kier molecular flexibility index (Phi) is 7.33. The minimum atomic E-state index is 0. The number of aliphatic hydroxyl groups excluding tert-OH is 1. The van der Waals surface area contributed by atoms with Gasteiger partial charge in [0.1, 0.15) is 0 Å². The third-order valence-corrected chi connectivity index (χ3v) is 2.12. The highest BCUT2D eigenvalue weighted by molar-refractivity contribution is 8.93. The van der Waals surface area contributed by atoms with Crippen molar-refractivity contribution in [2.45, 2.75) is 38.1 Å². The molecule has 1 aliphatic rings. The molecule has 1 rings (SSSR count). The molecule has 1 fully saturated rings. The van der Waals surface area contributed by atoms with Crippen molar-refractivity contribution in [1.82, 2.24) is 5.32 Å². The van der Waals surface area contributed by atoms with Crippen LogP contribution in [0, 0.1) is 0 Å². The van der Waals surface area contributed by atoms with Gasteiger partial charge in [-0.25, -0.2) is 0 Å². The van der Waals surface area contributed by atoms with E-state index in [4.69, 9.17) is 5.11 Å². The Morgan fingerprint density at radius 1 is 1.36 bits per heavy atom. The van der Waals surface area contributed by atoms with Crippen LogP contribution >= 0.6 is 17.0 Å². The first kappa shape index (κ1) is 11.4. The molecule has 0 aromatic heterocycles. The molecule has 11 heavy (non-hydrogen) atoms.